The molecule has 0 fully saturated rings. The maximum absolute atomic E-state index is 5.57. The number of nitrogens with one attached hydrogen (secondary N) is 1. The predicted octanol–water partition coefficient (Wildman–Crippen LogP) is 3.13. The van der Waals surface area contributed by atoms with Crippen molar-refractivity contribution in [1.29, 1.82) is 0 Å². The number of methoxy groups -OCH3 is 1. The highest BCUT2D eigenvalue weighted by atomic mass is 32.1. The zero-order chi connectivity index (χ0) is 11.5. The van der Waals surface area contributed by atoms with E-state index in [1.807, 2.05) is 0 Å². The van der Waals surface area contributed by atoms with Crippen LogP contribution in [-0.2, 0) is 4.74 Å². The van der Waals surface area contributed by atoms with Crippen molar-refractivity contribution in [2.24, 2.45) is 0 Å². The Morgan fingerprint density at radius 2 is 2.20 bits per heavy atom. The molecule has 1 aromatic rings. The van der Waals surface area contributed by atoms with Crippen LogP contribution in [0, 0.1) is 6.92 Å². The zero-order valence-corrected chi connectivity index (χ0v) is 11.1. The largest absolute Gasteiger partial charge is 0.377 e. The molecule has 1 rings (SSSR count). The minimum absolute atomic E-state index is 0.179. The Morgan fingerprint density at radius 1 is 1.53 bits per heavy atom. The van der Waals surface area contributed by atoms with Gasteiger partial charge in [-0.25, -0.2) is 0 Å². The Morgan fingerprint density at radius 3 is 2.60 bits per heavy atom. The summed E-state index contributed by atoms with van der Waals surface area (Å²) in [7, 11) is 1.77. The van der Waals surface area contributed by atoms with Gasteiger partial charge in [0.1, 0.15) is 0 Å². The van der Waals surface area contributed by atoms with Crippen LogP contribution in [0.3, 0.4) is 0 Å². The summed E-state index contributed by atoms with van der Waals surface area (Å²) in [4.78, 5) is 1.37. The molecule has 0 aliphatic heterocycles. The fourth-order valence-electron chi connectivity index (χ4n) is 1.75. The van der Waals surface area contributed by atoms with Gasteiger partial charge in [-0.15, -0.1) is 11.3 Å². The van der Waals surface area contributed by atoms with Crippen molar-refractivity contribution in [3.63, 3.8) is 0 Å². The molecule has 0 bridgehead atoms. The monoisotopic (exact) mass is 227 g/mol. The number of ether oxygens (including phenoxy) is 1. The molecule has 0 saturated carbocycles. The Balaban J connectivity index is 2.98. The van der Waals surface area contributed by atoms with Crippen molar-refractivity contribution >= 4 is 11.3 Å². The maximum atomic E-state index is 5.57. The second-order valence-electron chi connectivity index (χ2n) is 4.23. The molecule has 86 valence electrons. The molecule has 15 heavy (non-hydrogen) atoms. The third kappa shape index (κ3) is 2.80. The number of aryl methyl sites for hydroxylation is 1. The normalized spacial score (nSPS) is 14.2. The average Bonchev–Trinajstić information content (AvgIpc) is 2.60. The average molecular weight is 227 g/mol. The third-order valence-electron chi connectivity index (χ3n) is 2.84. The molecule has 0 aliphatic carbocycles. The summed E-state index contributed by atoms with van der Waals surface area (Å²) in [6.45, 7) is 9.48. The second kappa shape index (κ2) is 5.10. The fourth-order valence-corrected chi connectivity index (χ4v) is 2.49. The van der Waals surface area contributed by atoms with E-state index in [-0.39, 0.29) is 11.6 Å². The Bertz CT molecular complexity index is 306. The zero-order valence-electron chi connectivity index (χ0n) is 10.3. The van der Waals surface area contributed by atoms with Gasteiger partial charge in [-0.3, -0.25) is 0 Å². The van der Waals surface area contributed by atoms with Crippen LogP contribution in [0.1, 0.15) is 37.3 Å². The summed E-state index contributed by atoms with van der Waals surface area (Å²) in [6, 6.07) is 2.45. The summed E-state index contributed by atoms with van der Waals surface area (Å²) in [5.74, 6) is 0. The summed E-state index contributed by atoms with van der Waals surface area (Å²) in [6.07, 6.45) is 0. The molecule has 0 amide bonds. The van der Waals surface area contributed by atoms with E-state index in [0.29, 0.717) is 0 Å². The van der Waals surface area contributed by atoms with Crippen molar-refractivity contribution in [3.05, 3.63) is 21.9 Å². The van der Waals surface area contributed by atoms with Gasteiger partial charge >= 0.3 is 0 Å². The summed E-state index contributed by atoms with van der Waals surface area (Å²) in [5, 5.41) is 5.64. The van der Waals surface area contributed by atoms with Crippen molar-refractivity contribution in [1.82, 2.24) is 5.32 Å². The molecule has 0 radical (unpaired) electrons. The standard InChI is InChI=1S/C12H21NOS/c1-6-13-11(12(3,4)14-5)10-7-8-15-9(10)2/h7-8,11,13H,6H2,1-5H3. The second-order valence-corrected chi connectivity index (χ2v) is 5.35. The summed E-state index contributed by atoms with van der Waals surface area (Å²) < 4.78 is 5.57. The molecule has 0 aromatic carbocycles. The number of hydrogen-bond acceptors (Lipinski definition) is 3. The molecule has 1 aromatic heterocycles. The first-order valence-corrected chi connectivity index (χ1v) is 6.23. The topological polar surface area (TPSA) is 21.3 Å². The quantitative estimate of drug-likeness (QED) is 0.834. The van der Waals surface area contributed by atoms with Gasteiger partial charge in [-0.05, 0) is 44.3 Å². The Kier molecular flexibility index (Phi) is 4.32. The van der Waals surface area contributed by atoms with E-state index in [0.717, 1.165) is 6.54 Å². The highest BCUT2D eigenvalue weighted by Gasteiger charge is 2.31. The molecule has 0 spiro atoms. The first-order valence-electron chi connectivity index (χ1n) is 5.35. The lowest BCUT2D eigenvalue weighted by Gasteiger charge is -2.34. The maximum Gasteiger partial charge on any atom is 0.0816 e. The SMILES string of the molecule is CCNC(c1ccsc1C)C(C)(C)OC. The van der Waals surface area contributed by atoms with Crippen molar-refractivity contribution < 1.29 is 4.74 Å². The highest BCUT2D eigenvalue weighted by Crippen LogP contribution is 2.32. The van der Waals surface area contributed by atoms with Gasteiger partial charge in [0.2, 0.25) is 0 Å². The molecular weight excluding hydrogens is 206 g/mol. The van der Waals surface area contributed by atoms with Crippen LogP contribution >= 0.6 is 11.3 Å². The van der Waals surface area contributed by atoms with Crippen LogP contribution in [0.5, 0.6) is 0 Å². The van der Waals surface area contributed by atoms with E-state index in [9.17, 15) is 0 Å². The molecule has 0 aliphatic rings. The van der Waals surface area contributed by atoms with Crippen LogP contribution in [0.4, 0.5) is 0 Å². The number of likely N-dealkylation sites (N-methyl/N-ethyl adjacent to an activating group) is 1. The number of rotatable bonds is 5. The molecule has 2 nitrogen and oxygen atoms in total. The van der Waals surface area contributed by atoms with E-state index < -0.39 is 0 Å². The lowest BCUT2D eigenvalue weighted by atomic mass is 9.92. The van der Waals surface area contributed by atoms with Crippen LogP contribution in [0.25, 0.3) is 0 Å². The van der Waals surface area contributed by atoms with E-state index in [2.05, 4.69) is 44.5 Å². The molecule has 0 saturated heterocycles. The summed E-state index contributed by atoms with van der Waals surface area (Å²) >= 11 is 1.79. The van der Waals surface area contributed by atoms with Crippen LogP contribution in [0.15, 0.2) is 11.4 Å². The van der Waals surface area contributed by atoms with Gasteiger partial charge < -0.3 is 10.1 Å². The number of hydrogen-bond donors (Lipinski definition) is 1. The van der Waals surface area contributed by atoms with Crippen molar-refractivity contribution in [3.8, 4) is 0 Å². The molecule has 3 heteroatoms. The minimum Gasteiger partial charge on any atom is -0.377 e. The molecular formula is C12H21NOS. The minimum atomic E-state index is -0.179. The van der Waals surface area contributed by atoms with Crippen molar-refractivity contribution in [2.45, 2.75) is 39.3 Å². The molecule has 1 N–H and O–H groups in total. The Hall–Kier alpha value is -0.380. The first kappa shape index (κ1) is 12.7. The molecule has 1 heterocycles. The van der Waals surface area contributed by atoms with Crippen molar-refractivity contribution in [2.75, 3.05) is 13.7 Å². The van der Waals surface area contributed by atoms with E-state index in [1.54, 1.807) is 18.4 Å². The third-order valence-corrected chi connectivity index (χ3v) is 3.70. The summed E-state index contributed by atoms with van der Waals surface area (Å²) in [5.41, 5.74) is 1.18. The smallest absolute Gasteiger partial charge is 0.0816 e. The highest BCUT2D eigenvalue weighted by molar-refractivity contribution is 7.10. The van der Waals surface area contributed by atoms with Gasteiger partial charge in [-0.2, -0.15) is 0 Å². The van der Waals surface area contributed by atoms with Gasteiger partial charge in [0, 0.05) is 12.0 Å². The molecule has 1 atom stereocenters. The van der Waals surface area contributed by atoms with Gasteiger partial charge in [0.25, 0.3) is 0 Å². The number of thiophene rings is 1. The predicted molar refractivity (Wildman–Crippen MR) is 66.6 cm³/mol. The lowest BCUT2D eigenvalue weighted by molar-refractivity contribution is -0.0107. The Labute approximate surface area is 96.7 Å². The van der Waals surface area contributed by atoms with Gasteiger partial charge in [0.15, 0.2) is 0 Å². The van der Waals surface area contributed by atoms with Gasteiger partial charge in [0.05, 0.1) is 11.6 Å². The van der Waals surface area contributed by atoms with Crippen LogP contribution in [0.2, 0.25) is 0 Å². The van der Waals surface area contributed by atoms with E-state index >= 15 is 0 Å². The van der Waals surface area contributed by atoms with Crippen LogP contribution < -0.4 is 5.32 Å². The first-order chi connectivity index (χ1) is 7.03. The lowest BCUT2D eigenvalue weighted by Crippen LogP contribution is -2.40. The fraction of sp³-hybridized carbons (Fsp3) is 0.667. The molecule has 1 unspecified atom stereocenters. The van der Waals surface area contributed by atoms with E-state index in [1.165, 1.54) is 10.4 Å². The van der Waals surface area contributed by atoms with E-state index in [4.69, 9.17) is 4.74 Å². The van der Waals surface area contributed by atoms with Gasteiger partial charge in [-0.1, -0.05) is 6.92 Å². The van der Waals surface area contributed by atoms with Crippen LogP contribution in [-0.4, -0.2) is 19.3 Å².